The lowest BCUT2D eigenvalue weighted by atomic mass is 10.2. The van der Waals surface area contributed by atoms with Crippen LogP contribution in [0.5, 0.6) is 5.75 Å². The van der Waals surface area contributed by atoms with Crippen LogP contribution in [0.4, 0.5) is 10.5 Å². The normalized spacial score (nSPS) is 22.3. The minimum Gasteiger partial charge on any atom is -0.487 e. The van der Waals surface area contributed by atoms with E-state index in [1.165, 1.54) is 4.90 Å². The van der Waals surface area contributed by atoms with E-state index in [9.17, 15) is 4.79 Å². The van der Waals surface area contributed by atoms with Crippen molar-refractivity contribution >= 4 is 23.3 Å². The number of amides is 2. The Hall–Kier alpha value is -1.62. The van der Waals surface area contributed by atoms with Gasteiger partial charge in [0, 0.05) is 5.02 Å². The van der Waals surface area contributed by atoms with Crippen LogP contribution >= 0.6 is 11.6 Å². The third-order valence-electron chi connectivity index (χ3n) is 2.35. The van der Waals surface area contributed by atoms with Gasteiger partial charge in [0.25, 0.3) is 0 Å². The van der Waals surface area contributed by atoms with Crippen LogP contribution in [0.2, 0.25) is 5.02 Å². The molecule has 0 saturated carbocycles. The number of halogens is 1. The summed E-state index contributed by atoms with van der Waals surface area (Å²) in [7, 11) is 0. The second kappa shape index (κ2) is 2.93. The molecule has 1 atom stereocenters. The molecule has 15 heavy (non-hydrogen) atoms. The van der Waals surface area contributed by atoms with E-state index in [1.807, 2.05) is 0 Å². The Balaban J connectivity index is 2.14. The summed E-state index contributed by atoms with van der Waals surface area (Å²) in [5, 5.41) is 7.85. The Morgan fingerprint density at radius 2 is 2.40 bits per heavy atom. The summed E-state index contributed by atoms with van der Waals surface area (Å²) in [6.07, 6.45) is -0.344. The number of nitrogens with zero attached hydrogens (tertiary/aromatic N) is 3. The number of ether oxygens (including phenoxy) is 1. The van der Waals surface area contributed by atoms with Gasteiger partial charge in [-0.25, -0.2) is 4.79 Å². The molecule has 0 N–H and O–H groups in total. The fourth-order valence-corrected chi connectivity index (χ4v) is 1.85. The number of fused-ring (bicyclic) bond motifs is 3. The summed E-state index contributed by atoms with van der Waals surface area (Å²) in [6, 6.07) is 4.76. The van der Waals surface area contributed by atoms with Crippen LogP contribution in [0.15, 0.2) is 28.4 Å². The van der Waals surface area contributed by atoms with Crippen molar-refractivity contribution < 1.29 is 9.53 Å². The number of hydrogen-bond donors (Lipinski definition) is 0. The average molecular weight is 224 g/mol. The SMILES string of the molecule is O=C1N=NC2COc3ccc(Cl)cc3N12. The standard InChI is InChI=1S/C9H6ClN3O2/c10-5-1-2-7-6(3-5)13-8(4-15-7)11-12-9(13)14/h1-3,8H,4H2. The zero-order valence-electron chi connectivity index (χ0n) is 7.55. The van der Waals surface area contributed by atoms with Gasteiger partial charge in [-0.15, -0.1) is 0 Å². The molecule has 0 spiro atoms. The molecule has 1 aromatic carbocycles. The zero-order chi connectivity index (χ0) is 10.4. The molecule has 76 valence electrons. The molecule has 1 aromatic rings. The Bertz CT molecular complexity index is 474. The van der Waals surface area contributed by atoms with E-state index in [-0.39, 0.29) is 12.2 Å². The maximum atomic E-state index is 11.4. The van der Waals surface area contributed by atoms with E-state index < -0.39 is 0 Å². The van der Waals surface area contributed by atoms with Crippen LogP contribution in [0.1, 0.15) is 0 Å². The Kier molecular flexibility index (Phi) is 1.70. The number of carbonyl (C=O) groups excluding carboxylic acids is 1. The molecule has 1 unspecified atom stereocenters. The second-order valence-corrected chi connectivity index (χ2v) is 3.71. The molecular formula is C9H6ClN3O2. The molecule has 6 heteroatoms. The van der Waals surface area contributed by atoms with E-state index >= 15 is 0 Å². The van der Waals surface area contributed by atoms with Gasteiger partial charge < -0.3 is 4.74 Å². The van der Waals surface area contributed by atoms with Gasteiger partial charge >= 0.3 is 6.03 Å². The number of anilines is 1. The second-order valence-electron chi connectivity index (χ2n) is 3.27. The van der Waals surface area contributed by atoms with Gasteiger partial charge in [0.05, 0.1) is 5.69 Å². The van der Waals surface area contributed by atoms with Crippen molar-refractivity contribution in [2.75, 3.05) is 11.5 Å². The molecule has 2 heterocycles. The number of rotatable bonds is 0. The molecule has 2 aliphatic heterocycles. The highest BCUT2D eigenvalue weighted by atomic mass is 35.5. The topological polar surface area (TPSA) is 54.3 Å². The van der Waals surface area contributed by atoms with Gasteiger partial charge in [0.1, 0.15) is 12.4 Å². The summed E-state index contributed by atoms with van der Waals surface area (Å²) in [5.74, 6) is 0.635. The van der Waals surface area contributed by atoms with Crippen LogP contribution in [0.25, 0.3) is 0 Å². The third kappa shape index (κ3) is 1.20. The van der Waals surface area contributed by atoms with E-state index in [0.717, 1.165) is 0 Å². The first kappa shape index (κ1) is 8.67. The summed E-state index contributed by atoms with van der Waals surface area (Å²) in [5.41, 5.74) is 0.633. The van der Waals surface area contributed by atoms with Crippen molar-refractivity contribution in [1.82, 2.24) is 0 Å². The first-order valence-corrected chi connectivity index (χ1v) is 4.80. The maximum absolute atomic E-state index is 11.4. The largest absolute Gasteiger partial charge is 0.487 e. The number of benzene rings is 1. The molecule has 5 nitrogen and oxygen atoms in total. The van der Waals surface area contributed by atoms with E-state index in [2.05, 4.69) is 10.2 Å². The molecule has 0 radical (unpaired) electrons. The van der Waals surface area contributed by atoms with E-state index in [1.54, 1.807) is 18.2 Å². The highest BCUT2D eigenvalue weighted by Gasteiger charge is 2.36. The predicted octanol–water partition coefficient (Wildman–Crippen LogP) is 2.45. The molecule has 0 saturated heterocycles. The van der Waals surface area contributed by atoms with Crippen molar-refractivity contribution in [2.24, 2.45) is 10.2 Å². The maximum Gasteiger partial charge on any atom is 0.368 e. The fraction of sp³-hybridized carbons (Fsp3) is 0.222. The van der Waals surface area contributed by atoms with E-state index in [0.29, 0.717) is 23.1 Å². The van der Waals surface area contributed by atoms with Crippen molar-refractivity contribution in [1.29, 1.82) is 0 Å². The molecule has 0 aliphatic carbocycles. The Labute approximate surface area is 90.3 Å². The smallest absolute Gasteiger partial charge is 0.368 e. The number of urea groups is 1. The molecular weight excluding hydrogens is 218 g/mol. The fourth-order valence-electron chi connectivity index (χ4n) is 1.68. The molecule has 0 fully saturated rings. The van der Waals surface area contributed by atoms with Crippen LogP contribution in [-0.2, 0) is 0 Å². The van der Waals surface area contributed by atoms with Crippen molar-refractivity contribution in [2.45, 2.75) is 6.17 Å². The molecule has 0 aromatic heterocycles. The first-order valence-electron chi connectivity index (χ1n) is 4.42. The lowest BCUT2D eigenvalue weighted by Crippen LogP contribution is -2.40. The summed E-state index contributed by atoms with van der Waals surface area (Å²) in [4.78, 5) is 12.9. The zero-order valence-corrected chi connectivity index (χ0v) is 8.31. The van der Waals surface area contributed by atoms with Gasteiger partial charge in [-0.1, -0.05) is 16.7 Å². The predicted molar refractivity (Wildman–Crippen MR) is 53.5 cm³/mol. The van der Waals surface area contributed by atoms with Gasteiger partial charge in [-0.2, -0.15) is 5.11 Å². The number of hydrogen-bond acceptors (Lipinski definition) is 3. The van der Waals surface area contributed by atoms with Crippen LogP contribution in [-0.4, -0.2) is 18.8 Å². The number of carbonyl (C=O) groups is 1. The van der Waals surface area contributed by atoms with Crippen molar-refractivity contribution in [3.8, 4) is 5.75 Å². The minimum absolute atomic E-state index is 0.337. The van der Waals surface area contributed by atoms with Gasteiger partial charge in [-0.05, 0) is 18.2 Å². The average Bonchev–Trinajstić information content (AvgIpc) is 2.60. The first-order chi connectivity index (χ1) is 7.25. The van der Waals surface area contributed by atoms with Gasteiger partial charge in [0.15, 0.2) is 6.17 Å². The summed E-state index contributed by atoms with van der Waals surface area (Å²) < 4.78 is 5.43. The van der Waals surface area contributed by atoms with Crippen molar-refractivity contribution in [3.63, 3.8) is 0 Å². The number of azo groups is 1. The van der Waals surface area contributed by atoms with Crippen LogP contribution in [0, 0.1) is 0 Å². The minimum atomic E-state index is -0.369. The lowest BCUT2D eigenvalue weighted by molar-refractivity contribution is 0.244. The van der Waals surface area contributed by atoms with Gasteiger partial charge in [0.2, 0.25) is 0 Å². The van der Waals surface area contributed by atoms with Gasteiger partial charge in [-0.3, -0.25) is 4.90 Å². The molecule has 2 aliphatic rings. The van der Waals surface area contributed by atoms with E-state index in [4.69, 9.17) is 16.3 Å². The third-order valence-corrected chi connectivity index (χ3v) is 2.58. The summed E-state index contributed by atoms with van der Waals surface area (Å²) in [6.45, 7) is 0.337. The Morgan fingerprint density at radius 1 is 1.53 bits per heavy atom. The highest BCUT2D eigenvalue weighted by molar-refractivity contribution is 6.31. The van der Waals surface area contributed by atoms with Crippen LogP contribution in [0.3, 0.4) is 0 Å². The molecule has 0 bridgehead atoms. The highest BCUT2D eigenvalue weighted by Crippen LogP contribution is 2.38. The molecule has 3 rings (SSSR count). The summed E-state index contributed by atoms with van der Waals surface area (Å²) >= 11 is 5.86. The quantitative estimate of drug-likeness (QED) is 0.678. The van der Waals surface area contributed by atoms with Crippen LogP contribution < -0.4 is 9.64 Å². The lowest BCUT2D eigenvalue weighted by Gasteiger charge is -2.28. The Morgan fingerprint density at radius 3 is 3.27 bits per heavy atom. The van der Waals surface area contributed by atoms with Crippen molar-refractivity contribution in [3.05, 3.63) is 23.2 Å². The molecule has 2 amide bonds. The monoisotopic (exact) mass is 223 g/mol.